The van der Waals surface area contributed by atoms with Crippen molar-refractivity contribution in [1.82, 2.24) is 4.98 Å². The number of nitrogens with zero attached hydrogens (tertiary/aromatic N) is 2. The van der Waals surface area contributed by atoms with Crippen LogP contribution in [0.5, 0.6) is 0 Å². The maximum Gasteiger partial charge on any atom is 0.328 e. The van der Waals surface area contributed by atoms with Gasteiger partial charge in [0, 0.05) is 12.2 Å². The number of carbonyl (C=O) groups excluding carboxylic acids is 1. The summed E-state index contributed by atoms with van der Waals surface area (Å²) >= 11 is 2.50. The molecule has 3 rings (SSSR count). The number of urea groups is 1. The Bertz CT molecular complexity index is 830. The van der Waals surface area contributed by atoms with Crippen LogP contribution in [0, 0.1) is 5.92 Å². The molecule has 29 heavy (non-hydrogen) atoms. The number of carbonyl (C=O) groups is 2. The second-order valence-electron chi connectivity index (χ2n) is 7.60. The summed E-state index contributed by atoms with van der Waals surface area (Å²) in [6.45, 7) is 5.00. The van der Waals surface area contributed by atoms with Crippen molar-refractivity contribution in [3.63, 3.8) is 0 Å². The molecular formula is C21H27N3O3S2. The lowest BCUT2D eigenvalue weighted by Crippen LogP contribution is -2.38. The second-order valence-corrected chi connectivity index (χ2v) is 9.91. The van der Waals surface area contributed by atoms with Crippen molar-refractivity contribution < 1.29 is 14.7 Å². The monoisotopic (exact) mass is 433 g/mol. The van der Waals surface area contributed by atoms with Gasteiger partial charge in [-0.25, -0.2) is 9.78 Å². The van der Waals surface area contributed by atoms with E-state index in [-0.39, 0.29) is 11.8 Å². The highest BCUT2D eigenvalue weighted by atomic mass is 32.2. The minimum Gasteiger partial charge on any atom is -0.481 e. The molecule has 156 valence electrons. The Kier molecular flexibility index (Phi) is 7.55. The quantitative estimate of drug-likeness (QED) is 0.524. The third kappa shape index (κ3) is 6.21. The summed E-state index contributed by atoms with van der Waals surface area (Å²) in [5.41, 5.74) is 2.13. The third-order valence-corrected chi connectivity index (χ3v) is 7.16. The highest BCUT2D eigenvalue weighted by molar-refractivity contribution is 8.01. The van der Waals surface area contributed by atoms with Crippen LogP contribution in [0.1, 0.15) is 51.0 Å². The fourth-order valence-electron chi connectivity index (χ4n) is 3.47. The molecule has 0 saturated heterocycles. The first-order valence-corrected chi connectivity index (χ1v) is 11.7. The Morgan fingerprint density at radius 3 is 2.59 bits per heavy atom. The third-order valence-electron chi connectivity index (χ3n) is 5.07. The van der Waals surface area contributed by atoms with Crippen molar-refractivity contribution in [2.24, 2.45) is 5.92 Å². The number of carboxylic acid groups (broad SMARTS) is 1. The van der Waals surface area contributed by atoms with Crippen LogP contribution in [0.4, 0.5) is 15.6 Å². The van der Waals surface area contributed by atoms with Gasteiger partial charge in [0.2, 0.25) is 0 Å². The highest BCUT2D eigenvalue weighted by Crippen LogP contribution is 2.31. The van der Waals surface area contributed by atoms with E-state index < -0.39 is 5.97 Å². The van der Waals surface area contributed by atoms with Crippen molar-refractivity contribution >= 4 is 45.9 Å². The predicted octanol–water partition coefficient (Wildman–Crippen LogP) is 5.67. The minimum atomic E-state index is -0.874. The molecule has 8 heteroatoms. The number of amides is 2. The van der Waals surface area contributed by atoms with E-state index in [0.717, 1.165) is 22.7 Å². The number of aliphatic carboxylic acids is 1. The first kappa shape index (κ1) is 21.6. The number of thiazole rings is 1. The van der Waals surface area contributed by atoms with E-state index in [4.69, 9.17) is 5.11 Å². The van der Waals surface area contributed by atoms with Crippen LogP contribution < -0.4 is 10.2 Å². The Labute approximate surface area is 179 Å². The zero-order valence-electron chi connectivity index (χ0n) is 16.8. The molecule has 1 heterocycles. The van der Waals surface area contributed by atoms with E-state index in [0.29, 0.717) is 23.5 Å². The van der Waals surface area contributed by atoms with Gasteiger partial charge in [-0.3, -0.25) is 15.0 Å². The number of hydrogen-bond donors (Lipinski definition) is 2. The molecule has 2 N–H and O–H groups in total. The van der Waals surface area contributed by atoms with E-state index >= 15 is 0 Å². The largest absolute Gasteiger partial charge is 0.481 e. The molecule has 1 aromatic heterocycles. The first-order valence-electron chi connectivity index (χ1n) is 9.91. The fraction of sp³-hybridized carbons (Fsp3) is 0.476. The van der Waals surface area contributed by atoms with Crippen LogP contribution >= 0.6 is 23.1 Å². The van der Waals surface area contributed by atoms with Crippen LogP contribution in [-0.4, -0.2) is 34.4 Å². The lowest BCUT2D eigenvalue weighted by Gasteiger charge is -2.26. The Morgan fingerprint density at radius 2 is 1.97 bits per heavy atom. The van der Waals surface area contributed by atoms with Crippen LogP contribution in [-0.2, 0) is 4.79 Å². The van der Waals surface area contributed by atoms with Gasteiger partial charge in [-0.05, 0) is 42.4 Å². The van der Waals surface area contributed by atoms with Crippen molar-refractivity contribution in [1.29, 1.82) is 0 Å². The van der Waals surface area contributed by atoms with Crippen molar-refractivity contribution in [2.45, 2.75) is 49.7 Å². The van der Waals surface area contributed by atoms with Gasteiger partial charge < -0.3 is 5.11 Å². The van der Waals surface area contributed by atoms with Gasteiger partial charge >= 0.3 is 12.0 Å². The molecular weight excluding hydrogens is 406 g/mol. The Morgan fingerprint density at radius 1 is 1.28 bits per heavy atom. The fourth-order valence-corrected chi connectivity index (χ4v) is 5.05. The number of aromatic nitrogens is 1. The van der Waals surface area contributed by atoms with E-state index in [9.17, 15) is 9.59 Å². The minimum absolute atomic E-state index is 0.0222. The number of thioether (sulfide) groups is 1. The van der Waals surface area contributed by atoms with Gasteiger partial charge in [-0.15, -0.1) is 11.8 Å². The van der Waals surface area contributed by atoms with Gasteiger partial charge in [-0.2, -0.15) is 0 Å². The average Bonchev–Trinajstić information content (AvgIpc) is 3.36. The van der Waals surface area contributed by atoms with Gasteiger partial charge in [0.05, 0.1) is 16.2 Å². The zero-order valence-corrected chi connectivity index (χ0v) is 18.4. The molecule has 1 aliphatic rings. The number of rotatable bonds is 8. The van der Waals surface area contributed by atoms with Crippen molar-refractivity contribution in [3.05, 3.63) is 36.0 Å². The molecule has 0 spiro atoms. The summed E-state index contributed by atoms with van der Waals surface area (Å²) in [5.74, 6) is 0.0641. The van der Waals surface area contributed by atoms with Crippen LogP contribution in [0.25, 0.3) is 0 Å². The van der Waals surface area contributed by atoms with Crippen LogP contribution in [0.2, 0.25) is 0 Å². The van der Waals surface area contributed by atoms with Gasteiger partial charge in [-0.1, -0.05) is 50.2 Å². The lowest BCUT2D eigenvalue weighted by atomic mass is 10.0. The Balaban J connectivity index is 1.72. The number of carboxylic acids is 1. The van der Waals surface area contributed by atoms with Crippen LogP contribution in [0.3, 0.4) is 0 Å². The molecule has 0 atom stereocenters. The molecule has 1 aliphatic carbocycles. The standard InChI is InChI=1S/C21H27N3O3S2/c1-14(2)16-7-9-17(10-8-16)24(12-15-5-3-4-6-15)21(27)23-20-22-11-19(29-20)28-13-18(25)26/h7-11,14-15H,3-6,12-13H2,1-2H3,(H,25,26)(H,22,23,27). The molecule has 1 fully saturated rings. The van der Waals surface area contributed by atoms with Gasteiger partial charge in [0.15, 0.2) is 5.13 Å². The first-order chi connectivity index (χ1) is 13.9. The Hall–Kier alpha value is -2.06. The normalized spacial score (nSPS) is 14.3. The van der Waals surface area contributed by atoms with E-state index in [2.05, 4.69) is 36.3 Å². The second kappa shape index (κ2) is 10.1. The van der Waals surface area contributed by atoms with E-state index in [1.54, 1.807) is 6.20 Å². The summed E-state index contributed by atoms with van der Waals surface area (Å²) in [6, 6.07) is 8.00. The topological polar surface area (TPSA) is 82.5 Å². The molecule has 0 bridgehead atoms. The molecule has 0 aliphatic heterocycles. The molecule has 2 amide bonds. The van der Waals surface area contributed by atoms with Crippen LogP contribution in [0.15, 0.2) is 34.7 Å². The summed E-state index contributed by atoms with van der Waals surface area (Å²) < 4.78 is 0.770. The molecule has 6 nitrogen and oxygen atoms in total. The molecule has 0 unspecified atom stereocenters. The maximum absolute atomic E-state index is 13.1. The number of benzene rings is 1. The maximum atomic E-state index is 13.1. The molecule has 2 aromatic rings. The zero-order chi connectivity index (χ0) is 20.8. The lowest BCUT2D eigenvalue weighted by molar-refractivity contribution is -0.133. The van der Waals surface area contributed by atoms with E-state index in [1.807, 2.05) is 17.0 Å². The van der Waals surface area contributed by atoms with Gasteiger partial charge in [0.1, 0.15) is 0 Å². The van der Waals surface area contributed by atoms with E-state index in [1.165, 1.54) is 41.5 Å². The molecule has 1 aromatic carbocycles. The number of anilines is 2. The smallest absolute Gasteiger partial charge is 0.328 e. The average molecular weight is 434 g/mol. The SMILES string of the molecule is CC(C)c1ccc(N(CC2CCCC2)C(=O)Nc2ncc(SCC(=O)O)s2)cc1. The summed E-state index contributed by atoms with van der Waals surface area (Å²) in [6.07, 6.45) is 6.36. The number of hydrogen-bond acceptors (Lipinski definition) is 5. The van der Waals surface area contributed by atoms with Crippen molar-refractivity contribution in [3.8, 4) is 0 Å². The predicted molar refractivity (Wildman–Crippen MR) is 119 cm³/mol. The summed E-state index contributed by atoms with van der Waals surface area (Å²) in [4.78, 5) is 29.8. The number of nitrogens with one attached hydrogen (secondary N) is 1. The molecule has 0 radical (unpaired) electrons. The van der Waals surface area contributed by atoms with Gasteiger partial charge in [0.25, 0.3) is 0 Å². The summed E-state index contributed by atoms with van der Waals surface area (Å²) in [7, 11) is 0. The van der Waals surface area contributed by atoms with Crippen molar-refractivity contribution in [2.75, 3.05) is 22.5 Å². The highest BCUT2D eigenvalue weighted by Gasteiger charge is 2.24. The summed E-state index contributed by atoms with van der Waals surface area (Å²) in [5, 5.41) is 12.2. The molecule has 1 saturated carbocycles.